The summed E-state index contributed by atoms with van der Waals surface area (Å²) in [6, 6.07) is 4.15. The minimum atomic E-state index is -0.416. The maximum Gasteiger partial charge on any atom is 0.236 e. The van der Waals surface area contributed by atoms with Crippen molar-refractivity contribution in [2.45, 2.75) is 30.4 Å². The van der Waals surface area contributed by atoms with Gasteiger partial charge in [-0.05, 0) is 32.0 Å². The highest BCUT2D eigenvalue weighted by Crippen LogP contribution is 2.36. The van der Waals surface area contributed by atoms with Crippen LogP contribution in [0.2, 0.25) is 0 Å². The zero-order chi connectivity index (χ0) is 14.0. The van der Waals surface area contributed by atoms with Gasteiger partial charge in [0.05, 0.1) is 5.25 Å². The van der Waals surface area contributed by atoms with E-state index in [0.717, 1.165) is 0 Å². The number of thioether (sulfide) groups is 1. The Bertz CT molecular complexity index is 514. The molecule has 1 aliphatic rings. The summed E-state index contributed by atoms with van der Waals surface area (Å²) in [5.74, 6) is -0.585. The van der Waals surface area contributed by atoms with Crippen molar-refractivity contribution >= 4 is 23.5 Å². The molecule has 5 heteroatoms. The summed E-state index contributed by atoms with van der Waals surface area (Å²) in [5.41, 5.74) is 0.397. The number of rotatable bonds is 3. The van der Waals surface area contributed by atoms with E-state index in [1.54, 1.807) is 11.0 Å². The number of nitrogens with zero attached hydrogens (tertiary/aromatic N) is 1. The van der Waals surface area contributed by atoms with Gasteiger partial charge in [0.2, 0.25) is 5.91 Å². The van der Waals surface area contributed by atoms with E-state index < -0.39 is 5.82 Å². The third-order valence-electron chi connectivity index (χ3n) is 3.23. The number of ketones is 1. The van der Waals surface area contributed by atoms with Gasteiger partial charge in [-0.15, -0.1) is 11.8 Å². The lowest BCUT2D eigenvalue weighted by Crippen LogP contribution is -2.39. The Kier molecular flexibility index (Phi) is 4.24. The van der Waals surface area contributed by atoms with Crippen molar-refractivity contribution in [3.63, 3.8) is 0 Å². The number of halogens is 1. The van der Waals surface area contributed by atoms with Crippen LogP contribution >= 0.6 is 11.8 Å². The Labute approximate surface area is 116 Å². The fourth-order valence-corrected chi connectivity index (χ4v) is 3.41. The summed E-state index contributed by atoms with van der Waals surface area (Å²) < 4.78 is 13.1. The number of carbonyl (C=O) groups is 2. The average Bonchev–Trinajstić information content (AvgIpc) is 2.40. The normalized spacial score (nSPS) is 18.1. The predicted octanol–water partition coefficient (Wildman–Crippen LogP) is 2.74. The van der Waals surface area contributed by atoms with Crippen molar-refractivity contribution in [2.75, 3.05) is 13.1 Å². The lowest BCUT2D eigenvalue weighted by molar-refractivity contribution is -0.130. The fourth-order valence-electron chi connectivity index (χ4n) is 2.17. The Balaban J connectivity index is 2.24. The molecule has 1 atom stereocenters. The molecule has 1 unspecified atom stereocenters. The molecule has 102 valence electrons. The van der Waals surface area contributed by atoms with Crippen LogP contribution < -0.4 is 0 Å². The van der Waals surface area contributed by atoms with Crippen LogP contribution in [-0.4, -0.2) is 34.9 Å². The predicted molar refractivity (Wildman–Crippen MR) is 72.9 cm³/mol. The third kappa shape index (κ3) is 2.81. The number of amides is 1. The molecular weight excluding hydrogens is 265 g/mol. The van der Waals surface area contributed by atoms with Crippen LogP contribution in [0.4, 0.5) is 4.39 Å². The number of hydrogen-bond donors (Lipinski definition) is 0. The molecule has 0 aliphatic carbocycles. The van der Waals surface area contributed by atoms with Crippen LogP contribution in [0.15, 0.2) is 23.1 Å². The van der Waals surface area contributed by atoms with Gasteiger partial charge in [-0.1, -0.05) is 0 Å². The van der Waals surface area contributed by atoms with Crippen molar-refractivity contribution in [1.82, 2.24) is 4.90 Å². The van der Waals surface area contributed by atoms with E-state index in [0.29, 0.717) is 23.5 Å². The topological polar surface area (TPSA) is 37.4 Å². The molecule has 19 heavy (non-hydrogen) atoms. The summed E-state index contributed by atoms with van der Waals surface area (Å²) in [4.78, 5) is 26.7. The van der Waals surface area contributed by atoms with Gasteiger partial charge in [-0.2, -0.15) is 0 Å². The second-order valence-electron chi connectivity index (χ2n) is 4.38. The van der Waals surface area contributed by atoms with Gasteiger partial charge in [-0.3, -0.25) is 9.59 Å². The van der Waals surface area contributed by atoms with Crippen molar-refractivity contribution < 1.29 is 14.0 Å². The quantitative estimate of drug-likeness (QED) is 0.855. The highest BCUT2D eigenvalue weighted by atomic mass is 32.2. The van der Waals surface area contributed by atoms with Crippen molar-refractivity contribution in [1.29, 1.82) is 0 Å². The number of fused-ring (bicyclic) bond motifs is 1. The second kappa shape index (κ2) is 5.74. The molecular formula is C14H16FNO2S. The first kappa shape index (κ1) is 14.1. The van der Waals surface area contributed by atoms with Gasteiger partial charge in [0.1, 0.15) is 5.82 Å². The molecule has 0 N–H and O–H groups in total. The first-order chi connectivity index (χ1) is 9.06. The van der Waals surface area contributed by atoms with Crippen LogP contribution in [0.25, 0.3) is 0 Å². The fraction of sp³-hybridized carbons (Fsp3) is 0.429. The zero-order valence-corrected chi connectivity index (χ0v) is 11.8. The van der Waals surface area contributed by atoms with Crippen LogP contribution in [0.3, 0.4) is 0 Å². The van der Waals surface area contributed by atoms with Crippen molar-refractivity contribution in [2.24, 2.45) is 0 Å². The van der Waals surface area contributed by atoms with Crippen LogP contribution in [0.5, 0.6) is 0 Å². The standard InChI is InChI=1S/C14H16FNO2S/c1-3-16(4-2)14(18)13-8-11(17)10-7-9(15)5-6-12(10)19-13/h5-7,13H,3-4,8H2,1-2H3. The SMILES string of the molecule is CCN(CC)C(=O)C1CC(=O)c2cc(F)ccc2S1. The molecule has 0 saturated heterocycles. The highest BCUT2D eigenvalue weighted by molar-refractivity contribution is 8.00. The number of hydrogen-bond acceptors (Lipinski definition) is 3. The largest absolute Gasteiger partial charge is 0.342 e. The molecule has 0 spiro atoms. The molecule has 0 radical (unpaired) electrons. The van der Waals surface area contributed by atoms with E-state index in [9.17, 15) is 14.0 Å². The van der Waals surface area contributed by atoms with Crippen LogP contribution in [0, 0.1) is 5.82 Å². The lowest BCUT2D eigenvalue weighted by atomic mass is 10.0. The van der Waals surface area contributed by atoms with Crippen molar-refractivity contribution in [3.8, 4) is 0 Å². The summed E-state index contributed by atoms with van der Waals surface area (Å²) >= 11 is 1.36. The third-order valence-corrected chi connectivity index (χ3v) is 4.50. The molecule has 0 saturated carbocycles. The summed E-state index contributed by atoms with van der Waals surface area (Å²) in [6.07, 6.45) is 0.149. The molecule has 1 heterocycles. The molecule has 1 amide bonds. The van der Waals surface area contributed by atoms with Gasteiger partial charge < -0.3 is 4.90 Å². The van der Waals surface area contributed by atoms with Gasteiger partial charge in [0.25, 0.3) is 0 Å². The van der Waals surface area contributed by atoms with Gasteiger partial charge in [0, 0.05) is 30.0 Å². The van der Waals surface area contributed by atoms with E-state index in [1.807, 2.05) is 13.8 Å². The molecule has 0 bridgehead atoms. The monoisotopic (exact) mass is 281 g/mol. The molecule has 1 aromatic carbocycles. The molecule has 0 fully saturated rings. The number of Topliss-reactive ketones (excluding diaryl/α,β-unsaturated/α-hetero) is 1. The van der Waals surface area contributed by atoms with Gasteiger partial charge in [0.15, 0.2) is 5.78 Å². The molecule has 1 aliphatic heterocycles. The van der Waals surface area contributed by atoms with E-state index in [4.69, 9.17) is 0 Å². The first-order valence-corrected chi connectivity index (χ1v) is 7.23. The maximum atomic E-state index is 13.1. The Morgan fingerprint density at radius 1 is 1.42 bits per heavy atom. The van der Waals surface area contributed by atoms with Crippen LogP contribution in [-0.2, 0) is 4.79 Å². The number of carbonyl (C=O) groups excluding carboxylic acids is 2. The smallest absolute Gasteiger partial charge is 0.236 e. The maximum absolute atomic E-state index is 13.1. The molecule has 1 aromatic rings. The van der Waals surface area contributed by atoms with E-state index in [2.05, 4.69) is 0 Å². The molecule has 2 rings (SSSR count). The van der Waals surface area contributed by atoms with E-state index >= 15 is 0 Å². The highest BCUT2D eigenvalue weighted by Gasteiger charge is 2.32. The van der Waals surface area contributed by atoms with Gasteiger partial charge in [-0.25, -0.2) is 4.39 Å². The first-order valence-electron chi connectivity index (χ1n) is 6.35. The average molecular weight is 281 g/mol. The lowest BCUT2D eigenvalue weighted by Gasteiger charge is -2.27. The Morgan fingerprint density at radius 2 is 2.11 bits per heavy atom. The second-order valence-corrected chi connectivity index (χ2v) is 5.63. The summed E-state index contributed by atoms with van der Waals surface area (Å²) in [6.45, 7) is 5.10. The van der Waals surface area contributed by atoms with Gasteiger partial charge >= 0.3 is 0 Å². The zero-order valence-electron chi connectivity index (χ0n) is 11.0. The minimum absolute atomic E-state index is 0.0154. The van der Waals surface area contributed by atoms with E-state index in [1.165, 1.54) is 23.9 Å². The van der Waals surface area contributed by atoms with Crippen molar-refractivity contribution in [3.05, 3.63) is 29.6 Å². The molecule has 0 aromatic heterocycles. The minimum Gasteiger partial charge on any atom is -0.342 e. The molecule has 3 nitrogen and oxygen atoms in total. The Morgan fingerprint density at radius 3 is 2.74 bits per heavy atom. The summed E-state index contributed by atoms with van der Waals surface area (Å²) in [5, 5.41) is -0.384. The van der Waals surface area contributed by atoms with Crippen LogP contribution in [0.1, 0.15) is 30.6 Å². The number of benzene rings is 1. The summed E-state index contributed by atoms with van der Waals surface area (Å²) in [7, 11) is 0. The Hall–Kier alpha value is -1.36. The van der Waals surface area contributed by atoms with E-state index in [-0.39, 0.29) is 23.4 Å².